The van der Waals surface area contributed by atoms with Crippen molar-refractivity contribution >= 4 is 5.69 Å². The smallest absolute Gasteiger partial charge is 0.260 e. The van der Waals surface area contributed by atoms with Crippen LogP contribution in [0.2, 0.25) is 0 Å². The molecule has 0 amide bonds. The number of hydrogen-bond acceptors (Lipinski definition) is 3. The van der Waals surface area contributed by atoms with Gasteiger partial charge >= 0.3 is 0 Å². The van der Waals surface area contributed by atoms with Crippen molar-refractivity contribution in [2.24, 2.45) is 7.05 Å². The van der Waals surface area contributed by atoms with Crippen LogP contribution in [0.5, 0.6) is 0 Å². The molecule has 2 N–H and O–H groups in total. The van der Waals surface area contributed by atoms with E-state index < -0.39 is 0 Å². The van der Waals surface area contributed by atoms with Gasteiger partial charge in [-0.15, -0.1) is 0 Å². The van der Waals surface area contributed by atoms with E-state index in [0.717, 1.165) is 5.56 Å². The molecule has 0 saturated carbocycles. The lowest BCUT2D eigenvalue weighted by molar-refractivity contribution is 0.864. The number of rotatable bonds is 1. The van der Waals surface area contributed by atoms with E-state index >= 15 is 0 Å². The number of nitrogen functional groups attached to an aromatic ring is 1. The van der Waals surface area contributed by atoms with E-state index in [1.165, 1.54) is 4.57 Å². The monoisotopic (exact) mass is 201 g/mol. The van der Waals surface area contributed by atoms with Crippen LogP contribution in [0, 0.1) is 0 Å². The van der Waals surface area contributed by atoms with E-state index in [0.29, 0.717) is 11.3 Å². The SMILES string of the molecule is Cn1ccc(N)c(-c2cccnc2)c1=O. The first kappa shape index (κ1) is 9.45. The molecule has 0 aliphatic carbocycles. The van der Waals surface area contributed by atoms with Crippen LogP contribution in [0.3, 0.4) is 0 Å². The third-order valence-electron chi connectivity index (χ3n) is 2.25. The first-order valence-electron chi connectivity index (χ1n) is 4.55. The Morgan fingerprint density at radius 1 is 1.40 bits per heavy atom. The Morgan fingerprint density at radius 2 is 2.20 bits per heavy atom. The van der Waals surface area contributed by atoms with Crippen molar-refractivity contribution in [2.45, 2.75) is 0 Å². The molecule has 4 heteroatoms. The lowest BCUT2D eigenvalue weighted by Gasteiger charge is -2.06. The molecule has 0 spiro atoms. The lowest BCUT2D eigenvalue weighted by Crippen LogP contribution is -2.19. The van der Waals surface area contributed by atoms with Crippen LogP contribution in [0.15, 0.2) is 41.6 Å². The summed E-state index contributed by atoms with van der Waals surface area (Å²) in [6, 6.07) is 5.31. The van der Waals surface area contributed by atoms with E-state index in [1.807, 2.05) is 6.07 Å². The van der Waals surface area contributed by atoms with Gasteiger partial charge in [-0.25, -0.2) is 0 Å². The van der Waals surface area contributed by atoms with Gasteiger partial charge in [0.25, 0.3) is 5.56 Å². The van der Waals surface area contributed by atoms with Gasteiger partial charge in [0.2, 0.25) is 0 Å². The molecule has 4 nitrogen and oxygen atoms in total. The molecule has 2 rings (SSSR count). The van der Waals surface area contributed by atoms with Crippen molar-refractivity contribution in [3.8, 4) is 11.1 Å². The topological polar surface area (TPSA) is 60.9 Å². The van der Waals surface area contributed by atoms with Crippen LogP contribution in [-0.2, 0) is 7.05 Å². The summed E-state index contributed by atoms with van der Waals surface area (Å²) < 4.78 is 1.50. The number of nitrogens with two attached hydrogens (primary N) is 1. The second-order valence-corrected chi connectivity index (χ2v) is 3.30. The van der Waals surface area contributed by atoms with E-state index in [-0.39, 0.29) is 5.56 Å². The van der Waals surface area contributed by atoms with Crippen LogP contribution in [-0.4, -0.2) is 9.55 Å². The zero-order valence-electron chi connectivity index (χ0n) is 8.34. The zero-order chi connectivity index (χ0) is 10.8. The largest absolute Gasteiger partial charge is 0.398 e. The number of aromatic nitrogens is 2. The van der Waals surface area contributed by atoms with E-state index in [2.05, 4.69) is 4.98 Å². The summed E-state index contributed by atoms with van der Waals surface area (Å²) in [7, 11) is 1.70. The molecule has 15 heavy (non-hydrogen) atoms. The fourth-order valence-electron chi connectivity index (χ4n) is 1.44. The van der Waals surface area contributed by atoms with E-state index in [9.17, 15) is 4.79 Å². The third-order valence-corrected chi connectivity index (χ3v) is 2.25. The van der Waals surface area contributed by atoms with Gasteiger partial charge in [0.1, 0.15) is 0 Å². The standard InChI is InChI=1S/C11H11N3O/c1-14-6-4-9(12)10(11(14)15)8-3-2-5-13-7-8/h2-7H,12H2,1H3. The maximum absolute atomic E-state index is 11.8. The van der Waals surface area contributed by atoms with Crippen molar-refractivity contribution in [3.05, 3.63) is 47.1 Å². The predicted octanol–water partition coefficient (Wildman–Crippen LogP) is 1.03. The molecular weight excluding hydrogens is 190 g/mol. The summed E-state index contributed by atoms with van der Waals surface area (Å²) in [6.07, 6.45) is 4.94. The number of nitrogens with zero attached hydrogens (tertiary/aromatic N) is 2. The summed E-state index contributed by atoms with van der Waals surface area (Å²) in [6.45, 7) is 0. The molecular formula is C11H11N3O. The molecule has 0 bridgehead atoms. The van der Waals surface area contributed by atoms with Crippen molar-refractivity contribution in [2.75, 3.05) is 5.73 Å². The van der Waals surface area contributed by atoms with Crippen LogP contribution in [0.4, 0.5) is 5.69 Å². The van der Waals surface area contributed by atoms with Gasteiger partial charge in [0.05, 0.1) is 5.56 Å². The van der Waals surface area contributed by atoms with E-state index in [1.54, 1.807) is 37.8 Å². The van der Waals surface area contributed by atoms with Crippen molar-refractivity contribution in [1.82, 2.24) is 9.55 Å². The second kappa shape index (κ2) is 3.57. The molecule has 76 valence electrons. The summed E-state index contributed by atoms with van der Waals surface area (Å²) in [5, 5.41) is 0. The molecule has 0 radical (unpaired) electrons. The van der Waals surface area contributed by atoms with Crippen LogP contribution in [0.25, 0.3) is 11.1 Å². The van der Waals surface area contributed by atoms with Gasteiger partial charge in [-0.3, -0.25) is 9.78 Å². The highest BCUT2D eigenvalue weighted by atomic mass is 16.1. The Labute approximate surface area is 87.0 Å². The number of hydrogen-bond donors (Lipinski definition) is 1. The first-order chi connectivity index (χ1) is 7.20. The highest BCUT2D eigenvalue weighted by molar-refractivity contribution is 5.74. The number of anilines is 1. The Kier molecular flexibility index (Phi) is 2.25. The molecule has 2 heterocycles. The molecule has 0 unspecified atom stereocenters. The minimum absolute atomic E-state index is 0.108. The van der Waals surface area contributed by atoms with Crippen LogP contribution >= 0.6 is 0 Å². The quantitative estimate of drug-likeness (QED) is 0.749. The van der Waals surface area contributed by atoms with Gasteiger partial charge in [0.15, 0.2) is 0 Å². The Balaban J connectivity index is 2.73. The Bertz CT molecular complexity index is 531. The summed E-state index contributed by atoms with van der Waals surface area (Å²) >= 11 is 0. The summed E-state index contributed by atoms with van der Waals surface area (Å²) in [4.78, 5) is 15.8. The maximum Gasteiger partial charge on any atom is 0.260 e. The van der Waals surface area contributed by atoms with E-state index in [4.69, 9.17) is 5.73 Å². The average Bonchev–Trinajstić information content (AvgIpc) is 2.26. The fraction of sp³-hybridized carbons (Fsp3) is 0.0909. The van der Waals surface area contributed by atoms with Crippen LogP contribution < -0.4 is 11.3 Å². The molecule has 0 atom stereocenters. The second-order valence-electron chi connectivity index (χ2n) is 3.30. The average molecular weight is 201 g/mol. The van der Waals surface area contributed by atoms with Gasteiger partial charge in [0, 0.05) is 36.9 Å². The minimum Gasteiger partial charge on any atom is -0.398 e. The molecule has 2 aromatic heterocycles. The summed E-state index contributed by atoms with van der Waals surface area (Å²) in [5.74, 6) is 0. The molecule has 0 saturated heterocycles. The summed E-state index contributed by atoms with van der Waals surface area (Å²) in [5.41, 5.74) is 7.40. The molecule has 0 fully saturated rings. The Hall–Kier alpha value is -2.10. The number of aryl methyl sites for hydroxylation is 1. The first-order valence-corrected chi connectivity index (χ1v) is 4.55. The van der Waals surface area contributed by atoms with Gasteiger partial charge in [-0.1, -0.05) is 6.07 Å². The predicted molar refractivity (Wildman–Crippen MR) is 59.3 cm³/mol. The van der Waals surface area contributed by atoms with Gasteiger partial charge < -0.3 is 10.3 Å². The van der Waals surface area contributed by atoms with Crippen molar-refractivity contribution < 1.29 is 0 Å². The van der Waals surface area contributed by atoms with Crippen molar-refractivity contribution in [1.29, 1.82) is 0 Å². The fourth-order valence-corrected chi connectivity index (χ4v) is 1.44. The normalized spacial score (nSPS) is 10.2. The Morgan fingerprint density at radius 3 is 2.87 bits per heavy atom. The van der Waals surface area contributed by atoms with Crippen molar-refractivity contribution in [3.63, 3.8) is 0 Å². The lowest BCUT2D eigenvalue weighted by atomic mass is 10.1. The molecule has 0 aliphatic heterocycles. The van der Waals surface area contributed by atoms with Gasteiger partial charge in [-0.2, -0.15) is 0 Å². The maximum atomic E-state index is 11.8. The third kappa shape index (κ3) is 1.61. The molecule has 0 aromatic carbocycles. The zero-order valence-corrected chi connectivity index (χ0v) is 8.34. The number of pyridine rings is 2. The van der Waals surface area contributed by atoms with Gasteiger partial charge in [-0.05, 0) is 12.1 Å². The van der Waals surface area contributed by atoms with Crippen LogP contribution in [0.1, 0.15) is 0 Å². The highest BCUT2D eigenvalue weighted by Crippen LogP contribution is 2.19. The minimum atomic E-state index is -0.108. The highest BCUT2D eigenvalue weighted by Gasteiger charge is 2.08. The molecule has 0 aliphatic rings. The molecule has 2 aromatic rings.